The Balaban J connectivity index is 1.85. The Bertz CT molecular complexity index is 828. The molecule has 0 atom stereocenters. The fourth-order valence-corrected chi connectivity index (χ4v) is 2.20. The molecule has 24 heavy (non-hydrogen) atoms. The number of hydrogen-bond acceptors (Lipinski definition) is 4. The van der Waals surface area contributed by atoms with Gasteiger partial charge in [0.1, 0.15) is 17.1 Å². The van der Waals surface area contributed by atoms with E-state index in [0.717, 1.165) is 0 Å². The minimum atomic E-state index is -0.508. The molecule has 3 aromatic carbocycles. The van der Waals surface area contributed by atoms with E-state index in [-0.39, 0.29) is 0 Å². The zero-order valence-corrected chi connectivity index (χ0v) is 13.1. The maximum Gasteiger partial charge on any atom is 0.347 e. The fourth-order valence-electron chi connectivity index (χ4n) is 2.20. The van der Waals surface area contributed by atoms with Gasteiger partial charge in [0, 0.05) is 0 Å². The number of methoxy groups -OCH3 is 1. The lowest BCUT2D eigenvalue weighted by Crippen LogP contribution is -2.10. The van der Waals surface area contributed by atoms with Crippen LogP contribution in [-0.4, -0.2) is 13.1 Å². The molecule has 3 aromatic rings. The molecule has 0 unspecified atom stereocenters. The Morgan fingerprint density at radius 1 is 0.708 bits per heavy atom. The molecule has 0 N–H and O–H groups in total. The van der Waals surface area contributed by atoms with Gasteiger partial charge in [-0.3, -0.25) is 0 Å². The molecule has 0 radical (unpaired) electrons. The lowest BCUT2D eigenvalue weighted by atomic mass is 10.2. The van der Waals surface area contributed by atoms with E-state index in [4.69, 9.17) is 14.2 Å². The first-order valence-corrected chi connectivity index (χ1v) is 7.45. The second kappa shape index (κ2) is 7.33. The smallest absolute Gasteiger partial charge is 0.347 e. The summed E-state index contributed by atoms with van der Waals surface area (Å²) in [5.74, 6) is 1.43. The van der Waals surface area contributed by atoms with Crippen LogP contribution < -0.4 is 14.2 Å². The predicted molar refractivity (Wildman–Crippen MR) is 90.9 cm³/mol. The molecule has 0 amide bonds. The Morgan fingerprint density at radius 3 is 2.00 bits per heavy atom. The van der Waals surface area contributed by atoms with Crippen molar-refractivity contribution in [3.8, 4) is 23.0 Å². The second-order valence-corrected chi connectivity index (χ2v) is 4.95. The van der Waals surface area contributed by atoms with Gasteiger partial charge in [-0.15, -0.1) is 0 Å². The summed E-state index contributed by atoms with van der Waals surface area (Å²) in [6.07, 6.45) is 0. The molecule has 0 aliphatic heterocycles. The van der Waals surface area contributed by atoms with E-state index in [9.17, 15) is 4.79 Å². The summed E-state index contributed by atoms with van der Waals surface area (Å²) < 4.78 is 16.4. The number of rotatable bonds is 5. The van der Waals surface area contributed by atoms with Crippen molar-refractivity contribution < 1.29 is 19.0 Å². The SMILES string of the molecule is COc1ccccc1OC(=O)c1ccccc1Oc1ccccc1. The molecule has 4 nitrogen and oxygen atoms in total. The van der Waals surface area contributed by atoms with Gasteiger partial charge < -0.3 is 14.2 Å². The second-order valence-electron chi connectivity index (χ2n) is 4.95. The Hall–Kier alpha value is -3.27. The number of benzene rings is 3. The molecule has 0 saturated carbocycles. The third-order valence-electron chi connectivity index (χ3n) is 3.35. The van der Waals surface area contributed by atoms with E-state index in [0.29, 0.717) is 28.6 Å². The van der Waals surface area contributed by atoms with Gasteiger partial charge in [-0.25, -0.2) is 4.79 Å². The van der Waals surface area contributed by atoms with Crippen molar-refractivity contribution in [2.75, 3.05) is 7.11 Å². The van der Waals surface area contributed by atoms with Gasteiger partial charge in [0.2, 0.25) is 0 Å². The topological polar surface area (TPSA) is 44.8 Å². The zero-order chi connectivity index (χ0) is 16.8. The van der Waals surface area contributed by atoms with Crippen LogP contribution in [0.1, 0.15) is 10.4 Å². The molecule has 0 heterocycles. The van der Waals surface area contributed by atoms with Gasteiger partial charge in [-0.1, -0.05) is 42.5 Å². The zero-order valence-electron chi connectivity index (χ0n) is 13.1. The van der Waals surface area contributed by atoms with Crippen molar-refractivity contribution in [3.05, 3.63) is 84.4 Å². The Labute approximate surface area is 140 Å². The summed E-state index contributed by atoms with van der Waals surface area (Å²) in [5, 5.41) is 0. The highest BCUT2D eigenvalue weighted by atomic mass is 16.6. The largest absolute Gasteiger partial charge is 0.493 e. The molecular formula is C20H16O4. The average molecular weight is 320 g/mol. The van der Waals surface area contributed by atoms with E-state index < -0.39 is 5.97 Å². The molecule has 4 heteroatoms. The summed E-state index contributed by atoms with van der Waals surface area (Å²) in [4.78, 5) is 12.5. The van der Waals surface area contributed by atoms with E-state index in [2.05, 4.69) is 0 Å². The highest BCUT2D eigenvalue weighted by molar-refractivity contribution is 5.94. The van der Waals surface area contributed by atoms with Gasteiger partial charge in [-0.2, -0.15) is 0 Å². The maximum absolute atomic E-state index is 12.5. The van der Waals surface area contributed by atoms with Crippen molar-refractivity contribution in [2.45, 2.75) is 0 Å². The number of para-hydroxylation sites is 4. The summed E-state index contributed by atoms with van der Waals surface area (Å²) >= 11 is 0. The monoisotopic (exact) mass is 320 g/mol. The summed E-state index contributed by atoms with van der Waals surface area (Å²) in [6, 6.07) is 23.2. The third-order valence-corrected chi connectivity index (χ3v) is 3.35. The fraction of sp³-hybridized carbons (Fsp3) is 0.0500. The predicted octanol–water partition coefficient (Wildman–Crippen LogP) is 4.71. The van der Waals surface area contributed by atoms with Crippen LogP contribution in [0.5, 0.6) is 23.0 Å². The summed E-state index contributed by atoms with van der Waals surface area (Å²) in [6.45, 7) is 0. The number of carbonyl (C=O) groups is 1. The van der Waals surface area contributed by atoms with Crippen LogP contribution in [-0.2, 0) is 0 Å². The van der Waals surface area contributed by atoms with Crippen LogP contribution in [0.25, 0.3) is 0 Å². The number of hydrogen-bond donors (Lipinski definition) is 0. The van der Waals surface area contributed by atoms with Crippen LogP contribution in [0, 0.1) is 0 Å². The quantitative estimate of drug-likeness (QED) is 0.504. The van der Waals surface area contributed by atoms with Crippen LogP contribution >= 0.6 is 0 Å². The third kappa shape index (κ3) is 3.55. The highest BCUT2D eigenvalue weighted by Gasteiger charge is 2.17. The van der Waals surface area contributed by atoms with Gasteiger partial charge in [0.05, 0.1) is 7.11 Å². The van der Waals surface area contributed by atoms with Crippen LogP contribution in [0.15, 0.2) is 78.9 Å². The number of esters is 1. The molecule has 3 rings (SSSR count). The minimum absolute atomic E-state index is 0.340. The Kier molecular flexibility index (Phi) is 4.77. The van der Waals surface area contributed by atoms with Crippen molar-refractivity contribution in [1.82, 2.24) is 0 Å². The van der Waals surface area contributed by atoms with Crippen molar-refractivity contribution in [1.29, 1.82) is 0 Å². The number of ether oxygens (including phenoxy) is 3. The first-order valence-electron chi connectivity index (χ1n) is 7.45. The molecule has 0 aromatic heterocycles. The average Bonchev–Trinajstić information content (AvgIpc) is 2.63. The highest BCUT2D eigenvalue weighted by Crippen LogP contribution is 2.29. The van der Waals surface area contributed by atoms with Gasteiger partial charge in [0.25, 0.3) is 0 Å². The normalized spacial score (nSPS) is 10.0. The number of carbonyl (C=O) groups excluding carboxylic acids is 1. The van der Waals surface area contributed by atoms with Crippen molar-refractivity contribution >= 4 is 5.97 Å². The Morgan fingerprint density at radius 2 is 1.29 bits per heavy atom. The first kappa shape index (κ1) is 15.6. The summed E-state index contributed by atoms with van der Waals surface area (Å²) in [7, 11) is 1.53. The molecular weight excluding hydrogens is 304 g/mol. The molecule has 120 valence electrons. The van der Waals surface area contributed by atoms with E-state index in [1.54, 1.807) is 42.5 Å². The van der Waals surface area contributed by atoms with Gasteiger partial charge >= 0.3 is 5.97 Å². The van der Waals surface area contributed by atoms with Crippen molar-refractivity contribution in [2.24, 2.45) is 0 Å². The molecule has 0 spiro atoms. The van der Waals surface area contributed by atoms with Gasteiger partial charge in [0.15, 0.2) is 11.5 Å². The van der Waals surface area contributed by atoms with E-state index in [1.807, 2.05) is 36.4 Å². The molecule has 0 aliphatic carbocycles. The lowest BCUT2D eigenvalue weighted by Gasteiger charge is -2.12. The maximum atomic E-state index is 12.5. The summed E-state index contributed by atoms with van der Waals surface area (Å²) in [5.41, 5.74) is 0.340. The molecule has 0 aliphatic rings. The molecule has 0 saturated heterocycles. The minimum Gasteiger partial charge on any atom is -0.493 e. The van der Waals surface area contributed by atoms with E-state index in [1.165, 1.54) is 7.11 Å². The molecule has 0 bridgehead atoms. The van der Waals surface area contributed by atoms with Crippen LogP contribution in [0.3, 0.4) is 0 Å². The lowest BCUT2D eigenvalue weighted by molar-refractivity contribution is 0.0727. The van der Waals surface area contributed by atoms with Crippen molar-refractivity contribution in [3.63, 3.8) is 0 Å². The standard InChI is InChI=1S/C20H16O4/c1-22-18-13-7-8-14-19(18)24-20(21)16-11-5-6-12-17(16)23-15-9-3-2-4-10-15/h2-14H,1H3. The molecule has 0 fully saturated rings. The van der Waals surface area contributed by atoms with Gasteiger partial charge in [-0.05, 0) is 36.4 Å². The van der Waals surface area contributed by atoms with Crippen LogP contribution in [0.2, 0.25) is 0 Å². The first-order chi connectivity index (χ1) is 11.8. The van der Waals surface area contributed by atoms with Crippen LogP contribution in [0.4, 0.5) is 0 Å². The van der Waals surface area contributed by atoms with E-state index >= 15 is 0 Å².